The van der Waals surface area contributed by atoms with Gasteiger partial charge >= 0.3 is 0 Å². The average molecular weight is 335 g/mol. The number of hydrogen-bond acceptors (Lipinski definition) is 5. The number of methoxy groups -OCH3 is 2. The van der Waals surface area contributed by atoms with Crippen LogP contribution in [0.4, 0.5) is 4.39 Å². The molecule has 1 atom stereocenters. The van der Waals surface area contributed by atoms with Gasteiger partial charge in [-0.1, -0.05) is 0 Å². The third-order valence-corrected chi connectivity index (χ3v) is 6.15. The van der Waals surface area contributed by atoms with Crippen molar-refractivity contribution >= 4 is 21.8 Å². The van der Waals surface area contributed by atoms with Crippen LogP contribution in [0.15, 0.2) is 23.1 Å². The molecule has 1 aliphatic heterocycles. The van der Waals surface area contributed by atoms with Gasteiger partial charge in [0.15, 0.2) is 0 Å². The number of thioether (sulfide) groups is 1. The van der Waals surface area contributed by atoms with E-state index < -0.39 is 21.4 Å². The van der Waals surface area contributed by atoms with Crippen LogP contribution in [-0.4, -0.2) is 46.3 Å². The van der Waals surface area contributed by atoms with Gasteiger partial charge in [0.25, 0.3) is 0 Å². The van der Waals surface area contributed by atoms with E-state index in [-0.39, 0.29) is 17.2 Å². The van der Waals surface area contributed by atoms with E-state index in [0.29, 0.717) is 0 Å². The van der Waals surface area contributed by atoms with Crippen LogP contribution in [0.2, 0.25) is 0 Å². The molecule has 1 unspecified atom stereocenters. The minimum Gasteiger partial charge on any atom is -0.495 e. The number of sulfonamides is 1. The number of nitrogens with one attached hydrogen (secondary N) is 1. The van der Waals surface area contributed by atoms with Crippen molar-refractivity contribution in [3.05, 3.63) is 24.0 Å². The van der Waals surface area contributed by atoms with Crippen LogP contribution in [0.1, 0.15) is 6.42 Å². The average Bonchev–Trinajstić information content (AvgIpc) is 2.95. The topological polar surface area (TPSA) is 64.6 Å². The molecule has 1 N–H and O–H groups in total. The molecule has 1 heterocycles. The molecule has 0 aromatic heterocycles. The van der Waals surface area contributed by atoms with E-state index in [0.717, 1.165) is 30.1 Å². The lowest BCUT2D eigenvalue weighted by molar-refractivity contribution is 0.0179. The van der Waals surface area contributed by atoms with Gasteiger partial charge in [0.2, 0.25) is 10.0 Å². The first-order valence-electron chi connectivity index (χ1n) is 6.38. The third-order valence-electron chi connectivity index (χ3n) is 3.50. The minimum atomic E-state index is -3.87. The van der Waals surface area contributed by atoms with Crippen molar-refractivity contribution in [1.29, 1.82) is 0 Å². The Bertz CT molecular complexity index is 600. The summed E-state index contributed by atoms with van der Waals surface area (Å²) in [6.07, 6.45) is 0.775. The summed E-state index contributed by atoms with van der Waals surface area (Å²) in [6, 6.07) is 3.40. The molecule has 0 bridgehead atoms. The summed E-state index contributed by atoms with van der Waals surface area (Å²) in [5, 5.41) is 0. The van der Waals surface area contributed by atoms with Crippen molar-refractivity contribution in [1.82, 2.24) is 4.72 Å². The van der Waals surface area contributed by atoms with Gasteiger partial charge in [0.05, 0.1) is 12.7 Å². The van der Waals surface area contributed by atoms with E-state index in [9.17, 15) is 12.8 Å². The molecule has 1 saturated heterocycles. The molecular weight excluding hydrogens is 317 g/mol. The van der Waals surface area contributed by atoms with Crippen molar-refractivity contribution in [3.8, 4) is 5.75 Å². The monoisotopic (exact) mass is 335 g/mol. The van der Waals surface area contributed by atoms with Crippen molar-refractivity contribution in [3.63, 3.8) is 0 Å². The maximum absolute atomic E-state index is 13.3. The molecule has 1 aromatic carbocycles. The first kappa shape index (κ1) is 16.5. The number of hydrogen-bond donors (Lipinski definition) is 1. The SMILES string of the molecule is COc1ccc(F)cc1S(=O)(=O)NCC1(OC)CCSC1. The Morgan fingerprint density at radius 1 is 1.43 bits per heavy atom. The maximum atomic E-state index is 13.3. The molecule has 0 spiro atoms. The van der Waals surface area contributed by atoms with Crippen LogP contribution in [0.25, 0.3) is 0 Å². The first-order chi connectivity index (χ1) is 9.92. The molecule has 0 saturated carbocycles. The lowest BCUT2D eigenvalue weighted by atomic mass is 10.0. The van der Waals surface area contributed by atoms with E-state index in [1.54, 1.807) is 18.9 Å². The smallest absolute Gasteiger partial charge is 0.244 e. The lowest BCUT2D eigenvalue weighted by Gasteiger charge is -2.26. The highest BCUT2D eigenvalue weighted by Crippen LogP contribution is 2.31. The summed E-state index contributed by atoms with van der Waals surface area (Å²) in [7, 11) is -0.949. The fourth-order valence-corrected chi connectivity index (χ4v) is 4.82. The van der Waals surface area contributed by atoms with Crippen LogP contribution in [-0.2, 0) is 14.8 Å². The molecule has 1 fully saturated rings. The van der Waals surface area contributed by atoms with Gasteiger partial charge in [-0.25, -0.2) is 17.5 Å². The second kappa shape index (κ2) is 6.51. The quantitative estimate of drug-likeness (QED) is 0.856. The van der Waals surface area contributed by atoms with Crippen LogP contribution in [0.5, 0.6) is 5.75 Å². The first-order valence-corrected chi connectivity index (χ1v) is 9.02. The molecule has 0 aliphatic carbocycles. The Morgan fingerprint density at radius 2 is 2.19 bits per heavy atom. The summed E-state index contributed by atoms with van der Waals surface area (Å²) in [5.74, 6) is 1.13. The van der Waals surface area contributed by atoms with Gasteiger partial charge < -0.3 is 9.47 Å². The molecule has 5 nitrogen and oxygen atoms in total. The van der Waals surface area contributed by atoms with Gasteiger partial charge in [-0.2, -0.15) is 11.8 Å². The van der Waals surface area contributed by atoms with E-state index in [1.807, 2.05) is 0 Å². The Hall–Kier alpha value is -0.830. The fourth-order valence-electron chi connectivity index (χ4n) is 2.13. The fraction of sp³-hybridized carbons (Fsp3) is 0.538. The van der Waals surface area contributed by atoms with Gasteiger partial charge in [0.1, 0.15) is 16.5 Å². The molecule has 8 heteroatoms. The van der Waals surface area contributed by atoms with E-state index in [1.165, 1.54) is 13.2 Å². The number of halogens is 1. The second-order valence-electron chi connectivity index (χ2n) is 4.81. The van der Waals surface area contributed by atoms with Crippen LogP contribution < -0.4 is 9.46 Å². The van der Waals surface area contributed by atoms with Gasteiger partial charge in [-0.3, -0.25) is 0 Å². The maximum Gasteiger partial charge on any atom is 0.244 e. The number of benzene rings is 1. The van der Waals surface area contributed by atoms with E-state index in [4.69, 9.17) is 9.47 Å². The molecule has 1 aliphatic rings. The summed E-state index contributed by atoms with van der Waals surface area (Å²) in [5.41, 5.74) is -0.502. The lowest BCUT2D eigenvalue weighted by Crippen LogP contribution is -2.44. The summed E-state index contributed by atoms with van der Waals surface area (Å²) in [4.78, 5) is -0.207. The predicted molar refractivity (Wildman–Crippen MR) is 79.8 cm³/mol. The van der Waals surface area contributed by atoms with Gasteiger partial charge in [-0.05, 0) is 30.4 Å². The zero-order valence-electron chi connectivity index (χ0n) is 11.9. The van der Waals surface area contributed by atoms with Crippen LogP contribution >= 0.6 is 11.8 Å². The van der Waals surface area contributed by atoms with Gasteiger partial charge in [0, 0.05) is 19.4 Å². The molecule has 0 radical (unpaired) electrons. The Labute approximate surface area is 128 Å². The van der Waals surface area contributed by atoms with E-state index in [2.05, 4.69) is 4.72 Å². The largest absolute Gasteiger partial charge is 0.495 e. The third kappa shape index (κ3) is 3.68. The molecule has 2 rings (SSSR count). The minimum absolute atomic E-state index is 0.108. The predicted octanol–water partition coefficient (Wildman–Crippen LogP) is 1.63. The van der Waals surface area contributed by atoms with Crippen molar-refractivity contribution in [2.75, 3.05) is 32.3 Å². The molecule has 0 amide bonds. The van der Waals surface area contributed by atoms with Crippen LogP contribution in [0, 0.1) is 5.82 Å². The zero-order chi connectivity index (χ0) is 15.5. The Balaban J connectivity index is 2.20. The molecule has 21 heavy (non-hydrogen) atoms. The van der Waals surface area contributed by atoms with Gasteiger partial charge in [-0.15, -0.1) is 0 Å². The molecule has 118 valence electrons. The highest BCUT2D eigenvalue weighted by Gasteiger charge is 2.36. The zero-order valence-corrected chi connectivity index (χ0v) is 13.5. The summed E-state index contributed by atoms with van der Waals surface area (Å²) >= 11 is 1.72. The van der Waals surface area contributed by atoms with Crippen molar-refractivity contribution in [2.45, 2.75) is 16.9 Å². The summed E-state index contributed by atoms with van der Waals surface area (Å²) in [6.45, 7) is 0.151. The molecule has 1 aromatic rings. The number of ether oxygens (including phenoxy) is 2. The van der Waals surface area contributed by atoms with E-state index >= 15 is 0 Å². The highest BCUT2D eigenvalue weighted by molar-refractivity contribution is 7.99. The van der Waals surface area contributed by atoms with Crippen LogP contribution in [0.3, 0.4) is 0 Å². The Kier molecular flexibility index (Phi) is 5.13. The number of rotatable bonds is 6. The second-order valence-corrected chi connectivity index (χ2v) is 7.65. The normalized spacial score (nSPS) is 22.4. The summed E-state index contributed by atoms with van der Waals surface area (Å²) < 4.78 is 51.0. The van der Waals surface area contributed by atoms with Crippen molar-refractivity contribution in [2.24, 2.45) is 0 Å². The molecular formula is C13H18FNO4S2. The van der Waals surface area contributed by atoms with Crippen molar-refractivity contribution < 1.29 is 22.3 Å². The highest BCUT2D eigenvalue weighted by atomic mass is 32.2. The standard InChI is InChI=1S/C13H18FNO4S2/c1-18-11-4-3-10(14)7-12(11)21(16,17)15-8-13(19-2)5-6-20-9-13/h3-4,7,15H,5-6,8-9H2,1-2H3. The Morgan fingerprint density at radius 3 is 2.76 bits per heavy atom.